The van der Waals surface area contributed by atoms with Crippen LogP contribution >= 0.6 is 0 Å². The molecule has 5 N–H and O–H groups in total. The van der Waals surface area contributed by atoms with Crippen LogP contribution in [-0.2, 0) is 28.7 Å². The van der Waals surface area contributed by atoms with Crippen molar-refractivity contribution in [2.24, 2.45) is 28.9 Å². The molecular weight excluding hydrogens is 614 g/mol. The highest BCUT2D eigenvalue weighted by atomic mass is 16.5. The first-order chi connectivity index (χ1) is 22.6. The van der Waals surface area contributed by atoms with Crippen molar-refractivity contribution in [1.29, 1.82) is 0 Å². The number of nitrogens with zero attached hydrogens (tertiary/aromatic N) is 1. The second-order valence-electron chi connectivity index (χ2n) is 15.5. The molecule has 4 atom stereocenters. The van der Waals surface area contributed by atoms with Gasteiger partial charge in [0.15, 0.2) is 0 Å². The summed E-state index contributed by atoms with van der Waals surface area (Å²) in [4.78, 5) is 81.2. The van der Waals surface area contributed by atoms with Crippen LogP contribution in [0.1, 0.15) is 118 Å². The number of likely N-dealkylation sites (tertiary alicyclic amines) is 1. The molecule has 48 heavy (non-hydrogen) atoms. The molecular formula is C36H59N5O7. The van der Waals surface area contributed by atoms with Crippen LogP contribution in [0.4, 0.5) is 4.79 Å². The fraction of sp³-hybridized carbons (Fsp3) is 0.778. The standard InChI is InChI=1S/C36H59N5O7/c1-7-22-48-33(46)36(19-12-9-13-20-36)40-34(47)39-29(35(4,5)6)32(45)41-21-18-25(23(2)3)27(41)31(44)38-26(28(42)30(37)43)15-11-8-10-14-24-16-17-24/h7,23-27,29H,1,8-22H2,2-6H3,(H2,37,43)(H,38,44)(H2,39,40,47)/t25-,26?,27+,29-/m1/s1. The smallest absolute Gasteiger partial charge is 0.332 e. The van der Waals surface area contributed by atoms with Crippen molar-refractivity contribution in [2.45, 2.75) is 142 Å². The predicted molar refractivity (Wildman–Crippen MR) is 182 cm³/mol. The first-order valence-electron chi connectivity index (χ1n) is 17.9. The van der Waals surface area contributed by atoms with Crippen molar-refractivity contribution in [3.8, 4) is 0 Å². The van der Waals surface area contributed by atoms with Gasteiger partial charge in [-0.15, -0.1) is 0 Å². The van der Waals surface area contributed by atoms with Gasteiger partial charge in [-0.25, -0.2) is 9.59 Å². The normalized spacial score (nSPS) is 21.9. The molecule has 12 nitrogen and oxygen atoms in total. The van der Waals surface area contributed by atoms with Crippen LogP contribution in [-0.4, -0.2) is 77.2 Å². The molecule has 1 aliphatic heterocycles. The Morgan fingerprint density at radius 1 is 0.979 bits per heavy atom. The largest absolute Gasteiger partial charge is 0.460 e. The molecule has 1 unspecified atom stereocenters. The van der Waals surface area contributed by atoms with Gasteiger partial charge in [0, 0.05) is 6.54 Å². The number of Topliss-reactive ketones (excluding diaryl/α,β-unsaturated/α-hetero) is 1. The number of hydrogen-bond donors (Lipinski definition) is 4. The van der Waals surface area contributed by atoms with Crippen molar-refractivity contribution < 1.29 is 33.5 Å². The molecule has 0 spiro atoms. The lowest BCUT2D eigenvalue weighted by atomic mass is 9.81. The van der Waals surface area contributed by atoms with E-state index in [9.17, 15) is 28.8 Å². The maximum Gasteiger partial charge on any atom is 0.332 e. The van der Waals surface area contributed by atoms with E-state index in [1.54, 1.807) is 0 Å². The zero-order valence-corrected chi connectivity index (χ0v) is 29.7. The number of nitrogens with one attached hydrogen (secondary N) is 3. The number of ether oxygens (including phenoxy) is 1. The summed E-state index contributed by atoms with van der Waals surface area (Å²) in [7, 11) is 0. The van der Waals surface area contributed by atoms with Gasteiger partial charge >= 0.3 is 12.0 Å². The molecule has 5 amide bonds. The Balaban J connectivity index is 1.78. The Morgan fingerprint density at radius 2 is 1.65 bits per heavy atom. The van der Waals surface area contributed by atoms with Gasteiger partial charge in [-0.05, 0) is 48.9 Å². The number of nitrogens with two attached hydrogens (primary N) is 1. The van der Waals surface area contributed by atoms with Gasteiger partial charge < -0.3 is 31.3 Å². The molecule has 0 aromatic rings. The van der Waals surface area contributed by atoms with Crippen LogP contribution in [0.3, 0.4) is 0 Å². The van der Waals surface area contributed by atoms with Gasteiger partial charge in [0.2, 0.25) is 17.6 Å². The summed E-state index contributed by atoms with van der Waals surface area (Å²) in [6, 6.07) is -3.70. The highest BCUT2D eigenvalue weighted by Crippen LogP contribution is 2.35. The Hall–Kier alpha value is -3.44. The quantitative estimate of drug-likeness (QED) is 0.0783. The number of carbonyl (C=O) groups is 6. The first-order valence-corrected chi connectivity index (χ1v) is 17.9. The molecule has 3 fully saturated rings. The summed E-state index contributed by atoms with van der Waals surface area (Å²) in [5.41, 5.74) is 3.39. The van der Waals surface area contributed by atoms with E-state index in [4.69, 9.17) is 10.5 Å². The number of primary amides is 1. The van der Waals surface area contributed by atoms with Gasteiger partial charge in [0.05, 0.1) is 6.04 Å². The van der Waals surface area contributed by atoms with E-state index >= 15 is 0 Å². The summed E-state index contributed by atoms with van der Waals surface area (Å²) in [5.74, 6) is -2.82. The van der Waals surface area contributed by atoms with E-state index in [1.807, 2.05) is 34.6 Å². The SMILES string of the molecule is C=CCOC(=O)C1(NC(=O)N[C@H](C(=O)N2CC[C@H](C(C)C)[C@H]2C(=O)NC(CCCCCC2CC2)C(=O)C(N)=O)C(C)(C)C)CCCCC1. The Bertz CT molecular complexity index is 1190. The minimum atomic E-state index is -1.21. The zero-order chi connectivity index (χ0) is 35.6. The number of esters is 1. The van der Waals surface area contributed by atoms with E-state index in [0.717, 1.165) is 44.4 Å². The number of ketones is 1. The number of carbonyl (C=O) groups excluding carboxylic acids is 6. The highest BCUT2D eigenvalue weighted by Gasteiger charge is 2.49. The summed E-state index contributed by atoms with van der Waals surface area (Å²) >= 11 is 0. The van der Waals surface area contributed by atoms with Crippen LogP contribution in [0.15, 0.2) is 12.7 Å². The second kappa shape index (κ2) is 17.3. The number of rotatable bonds is 17. The third-order valence-electron chi connectivity index (χ3n) is 10.2. The fourth-order valence-corrected chi connectivity index (χ4v) is 7.17. The first kappa shape index (κ1) is 39.0. The lowest BCUT2D eigenvalue weighted by molar-refractivity contribution is -0.151. The molecule has 3 aliphatic rings. The molecule has 3 rings (SSSR count). The number of hydrogen-bond acceptors (Lipinski definition) is 7. The minimum Gasteiger partial charge on any atom is -0.460 e. The molecule has 0 aromatic heterocycles. The molecule has 2 saturated carbocycles. The average molecular weight is 674 g/mol. The molecule has 0 aromatic carbocycles. The van der Waals surface area contributed by atoms with Gasteiger partial charge in [0.25, 0.3) is 5.91 Å². The number of amides is 5. The lowest BCUT2D eigenvalue weighted by Gasteiger charge is -2.39. The fourth-order valence-electron chi connectivity index (χ4n) is 7.17. The van der Waals surface area contributed by atoms with Gasteiger partial charge in [-0.1, -0.05) is 105 Å². The van der Waals surface area contributed by atoms with E-state index in [1.165, 1.54) is 23.8 Å². The maximum atomic E-state index is 14.3. The number of unbranched alkanes of at least 4 members (excludes halogenated alkanes) is 2. The van der Waals surface area contributed by atoms with Crippen molar-refractivity contribution in [3.05, 3.63) is 12.7 Å². The predicted octanol–water partition coefficient (Wildman–Crippen LogP) is 3.91. The summed E-state index contributed by atoms with van der Waals surface area (Å²) in [6.45, 7) is 13.3. The topological polar surface area (TPSA) is 177 Å². The monoisotopic (exact) mass is 673 g/mol. The Kier molecular flexibility index (Phi) is 14.0. The van der Waals surface area contributed by atoms with Crippen LogP contribution in [0.5, 0.6) is 0 Å². The minimum absolute atomic E-state index is 0.0225. The van der Waals surface area contributed by atoms with E-state index < -0.39 is 64.6 Å². The molecule has 12 heteroatoms. The summed E-state index contributed by atoms with van der Waals surface area (Å²) in [6.07, 6.45) is 11.8. The van der Waals surface area contributed by atoms with Gasteiger partial charge in [-0.3, -0.25) is 19.2 Å². The molecule has 0 radical (unpaired) electrons. The van der Waals surface area contributed by atoms with Crippen LogP contribution in [0.25, 0.3) is 0 Å². The number of urea groups is 1. The summed E-state index contributed by atoms with van der Waals surface area (Å²) < 4.78 is 5.35. The van der Waals surface area contributed by atoms with Gasteiger partial charge in [0.1, 0.15) is 24.2 Å². The third kappa shape index (κ3) is 10.5. The molecule has 1 heterocycles. The molecule has 270 valence electrons. The summed E-state index contributed by atoms with van der Waals surface area (Å²) in [5, 5.41) is 8.46. The van der Waals surface area contributed by atoms with E-state index in [2.05, 4.69) is 22.5 Å². The second-order valence-corrected chi connectivity index (χ2v) is 15.5. The van der Waals surface area contributed by atoms with Crippen molar-refractivity contribution in [1.82, 2.24) is 20.9 Å². The van der Waals surface area contributed by atoms with Gasteiger partial charge in [-0.2, -0.15) is 0 Å². The zero-order valence-electron chi connectivity index (χ0n) is 29.7. The van der Waals surface area contributed by atoms with Crippen LogP contribution in [0, 0.1) is 23.2 Å². The molecule has 1 saturated heterocycles. The highest BCUT2D eigenvalue weighted by molar-refractivity contribution is 6.37. The van der Waals surface area contributed by atoms with E-state index in [0.29, 0.717) is 25.7 Å². The van der Waals surface area contributed by atoms with Crippen molar-refractivity contribution in [3.63, 3.8) is 0 Å². The maximum absolute atomic E-state index is 14.3. The Labute approximate surface area is 286 Å². The van der Waals surface area contributed by atoms with Crippen LogP contribution in [0.2, 0.25) is 0 Å². The van der Waals surface area contributed by atoms with Crippen LogP contribution < -0.4 is 21.7 Å². The molecule has 0 bridgehead atoms. The third-order valence-corrected chi connectivity index (χ3v) is 10.2. The van der Waals surface area contributed by atoms with Crippen molar-refractivity contribution in [2.75, 3.05) is 13.2 Å². The lowest BCUT2D eigenvalue weighted by Crippen LogP contribution is -2.64. The van der Waals surface area contributed by atoms with Crippen molar-refractivity contribution >= 4 is 35.5 Å². The molecule has 2 aliphatic carbocycles. The van der Waals surface area contributed by atoms with E-state index in [-0.39, 0.29) is 31.4 Å². The Morgan fingerprint density at radius 3 is 2.21 bits per heavy atom. The average Bonchev–Trinajstić information content (AvgIpc) is 3.74.